The summed E-state index contributed by atoms with van der Waals surface area (Å²) in [5.41, 5.74) is 1.62. The minimum Gasteiger partial charge on any atom is -0.493 e. The lowest BCUT2D eigenvalue weighted by Crippen LogP contribution is -2.36. The van der Waals surface area contributed by atoms with E-state index in [1.807, 2.05) is 30.3 Å². The lowest BCUT2D eigenvalue weighted by atomic mass is 9.79. The molecule has 0 amide bonds. The molecular weight excluding hydrogens is 368 g/mol. The molecule has 0 spiro atoms. The third kappa shape index (κ3) is 3.42. The van der Waals surface area contributed by atoms with Crippen LogP contribution in [0.3, 0.4) is 0 Å². The van der Waals surface area contributed by atoms with Crippen LogP contribution in [0.1, 0.15) is 35.4 Å². The molecule has 4 rings (SSSR count). The molecule has 0 radical (unpaired) electrons. The second-order valence-electron chi connectivity index (χ2n) is 7.11. The van der Waals surface area contributed by atoms with Crippen molar-refractivity contribution in [1.82, 2.24) is 14.8 Å². The van der Waals surface area contributed by atoms with Crippen molar-refractivity contribution in [3.05, 3.63) is 47.8 Å². The maximum Gasteiger partial charge on any atom is 0.354 e. The largest absolute Gasteiger partial charge is 0.493 e. The Bertz CT molecular complexity index is 1030. The molecule has 3 aromatic rings. The summed E-state index contributed by atoms with van der Waals surface area (Å²) in [5, 5.41) is 14.5. The predicted octanol–water partition coefficient (Wildman–Crippen LogP) is 4.24. The van der Waals surface area contributed by atoms with Crippen molar-refractivity contribution in [2.24, 2.45) is 5.92 Å². The zero-order valence-corrected chi connectivity index (χ0v) is 15.2. The molecule has 1 aromatic carbocycles. The number of para-hydroxylation sites is 1. The fourth-order valence-corrected chi connectivity index (χ4v) is 3.55. The average molecular weight is 387 g/mol. The number of carboxylic acid groups (broad SMARTS) is 1. The highest BCUT2D eigenvalue weighted by Gasteiger charge is 2.44. The smallest absolute Gasteiger partial charge is 0.354 e. The summed E-state index contributed by atoms with van der Waals surface area (Å²) in [6, 6.07) is 10.6. The maximum atomic E-state index is 13.0. The van der Waals surface area contributed by atoms with Gasteiger partial charge in [-0.3, -0.25) is 0 Å². The van der Waals surface area contributed by atoms with Crippen LogP contribution in [0.15, 0.2) is 36.4 Å². The highest BCUT2D eigenvalue weighted by Crippen LogP contribution is 2.44. The Morgan fingerprint density at radius 2 is 2.04 bits per heavy atom. The van der Waals surface area contributed by atoms with Gasteiger partial charge in [0.15, 0.2) is 11.3 Å². The normalized spacial score (nSPS) is 16.1. The first-order chi connectivity index (χ1) is 13.3. The molecule has 6 nitrogen and oxygen atoms in total. The highest BCUT2D eigenvalue weighted by atomic mass is 19.3. The van der Waals surface area contributed by atoms with Gasteiger partial charge in [-0.15, -0.1) is 0 Å². The monoisotopic (exact) mass is 387 g/mol. The van der Waals surface area contributed by atoms with E-state index in [0.717, 1.165) is 5.69 Å². The number of aromatic nitrogens is 3. The first kappa shape index (κ1) is 18.3. The lowest BCUT2D eigenvalue weighted by Gasteiger charge is -2.34. The number of alkyl halides is 2. The number of hydrogen-bond acceptors (Lipinski definition) is 4. The minimum atomic E-state index is -2.56. The molecule has 0 aliphatic heterocycles. The zero-order chi connectivity index (χ0) is 19.9. The SMILES string of the molecule is Cc1nn(-c2ccccc2)c2nc(C(=O)O)cc(OCCC3CC(F)(F)C3)c12. The molecule has 1 aliphatic rings. The van der Waals surface area contributed by atoms with Gasteiger partial charge in [0.05, 0.1) is 23.4 Å². The number of benzene rings is 1. The van der Waals surface area contributed by atoms with Gasteiger partial charge >= 0.3 is 5.97 Å². The van der Waals surface area contributed by atoms with Gasteiger partial charge in [-0.2, -0.15) is 5.10 Å². The van der Waals surface area contributed by atoms with Crippen LogP contribution in [-0.2, 0) is 0 Å². The van der Waals surface area contributed by atoms with Gasteiger partial charge in [0.1, 0.15) is 5.75 Å². The summed E-state index contributed by atoms with van der Waals surface area (Å²) in [5.74, 6) is -3.45. The molecule has 0 saturated heterocycles. The van der Waals surface area contributed by atoms with Gasteiger partial charge in [0.2, 0.25) is 5.92 Å². The van der Waals surface area contributed by atoms with E-state index in [9.17, 15) is 18.7 Å². The van der Waals surface area contributed by atoms with E-state index in [0.29, 0.717) is 28.9 Å². The molecule has 1 saturated carbocycles. The quantitative estimate of drug-likeness (QED) is 0.685. The minimum absolute atomic E-state index is 0.0700. The topological polar surface area (TPSA) is 77.2 Å². The van der Waals surface area contributed by atoms with Crippen LogP contribution in [0.4, 0.5) is 8.78 Å². The second kappa shape index (κ2) is 6.85. The molecule has 1 aliphatic carbocycles. The maximum absolute atomic E-state index is 13.0. The van der Waals surface area contributed by atoms with Gasteiger partial charge < -0.3 is 9.84 Å². The van der Waals surface area contributed by atoms with Crippen LogP contribution < -0.4 is 4.74 Å². The average Bonchev–Trinajstić information content (AvgIpc) is 2.97. The first-order valence-corrected chi connectivity index (χ1v) is 9.04. The summed E-state index contributed by atoms with van der Waals surface area (Å²) >= 11 is 0. The number of halogens is 2. The third-order valence-corrected chi connectivity index (χ3v) is 4.95. The van der Waals surface area contributed by atoms with Crippen LogP contribution in [0.2, 0.25) is 0 Å². The Morgan fingerprint density at radius 1 is 1.32 bits per heavy atom. The van der Waals surface area contributed by atoms with E-state index in [2.05, 4.69) is 10.1 Å². The Hall–Kier alpha value is -3.03. The molecule has 0 atom stereocenters. The summed E-state index contributed by atoms with van der Waals surface area (Å²) in [4.78, 5) is 15.8. The highest BCUT2D eigenvalue weighted by molar-refractivity contribution is 5.93. The molecule has 1 N–H and O–H groups in total. The van der Waals surface area contributed by atoms with Crippen molar-refractivity contribution < 1.29 is 23.4 Å². The van der Waals surface area contributed by atoms with Crippen LogP contribution >= 0.6 is 0 Å². The molecule has 0 unspecified atom stereocenters. The van der Waals surface area contributed by atoms with E-state index < -0.39 is 11.9 Å². The number of aryl methyl sites for hydroxylation is 1. The number of rotatable bonds is 6. The van der Waals surface area contributed by atoms with Gasteiger partial charge in [0, 0.05) is 18.9 Å². The van der Waals surface area contributed by atoms with Crippen molar-refractivity contribution in [3.8, 4) is 11.4 Å². The number of carboxylic acids is 1. The van der Waals surface area contributed by atoms with E-state index >= 15 is 0 Å². The summed E-state index contributed by atoms with van der Waals surface area (Å²) in [6.07, 6.45) is 0.259. The van der Waals surface area contributed by atoms with Gasteiger partial charge in [-0.1, -0.05) is 18.2 Å². The molecule has 2 aromatic heterocycles. The Labute approximate surface area is 159 Å². The Morgan fingerprint density at radius 3 is 2.68 bits per heavy atom. The molecule has 28 heavy (non-hydrogen) atoms. The number of fused-ring (bicyclic) bond motifs is 1. The first-order valence-electron chi connectivity index (χ1n) is 9.04. The molecule has 146 valence electrons. The third-order valence-electron chi connectivity index (χ3n) is 4.95. The van der Waals surface area contributed by atoms with Crippen molar-refractivity contribution in [3.63, 3.8) is 0 Å². The van der Waals surface area contributed by atoms with Crippen molar-refractivity contribution in [2.45, 2.75) is 32.1 Å². The second-order valence-corrected chi connectivity index (χ2v) is 7.11. The molecular formula is C20H19F2N3O3. The number of ether oxygens (including phenoxy) is 1. The van der Waals surface area contributed by atoms with Gasteiger partial charge in [-0.05, 0) is 31.4 Å². The lowest BCUT2D eigenvalue weighted by molar-refractivity contribution is -0.113. The van der Waals surface area contributed by atoms with E-state index in [4.69, 9.17) is 4.74 Å². The number of hydrogen-bond donors (Lipinski definition) is 1. The van der Waals surface area contributed by atoms with E-state index in [1.165, 1.54) is 6.07 Å². The molecule has 2 heterocycles. The van der Waals surface area contributed by atoms with E-state index in [-0.39, 0.29) is 31.1 Å². The van der Waals surface area contributed by atoms with Crippen LogP contribution in [0, 0.1) is 12.8 Å². The van der Waals surface area contributed by atoms with Crippen LogP contribution in [-0.4, -0.2) is 38.4 Å². The Kier molecular flexibility index (Phi) is 4.49. The number of nitrogens with zero attached hydrogens (tertiary/aromatic N) is 3. The zero-order valence-electron chi connectivity index (χ0n) is 15.2. The standard InChI is InChI=1S/C20H19F2N3O3/c1-12-17-16(28-8-7-13-10-20(21,22)11-13)9-15(19(26)27)23-18(17)25(24-12)14-5-3-2-4-6-14/h2-6,9,13H,7-8,10-11H2,1H3,(H,26,27). The summed E-state index contributed by atoms with van der Waals surface area (Å²) < 4.78 is 33.4. The van der Waals surface area contributed by atoms with Crippen LogP contribution in [0.25, 0.3) is 16.7 Å². The molecule has 8 heteroatoms. The fraction of sp³-hybridized carbons (Fsp3) is 0.350. The van der Waals surface area contributed by atoms with E-state index in [1.54, 1.807) is 11.6 Å². The van der Waals surface area contributed by atoms with Crippen molar-refractivity contribution >= 4 is 17.0 Å². The van der Waals surface area contributed by atoms with Crippen molar-refractivity contribution in [1.29, 1.82) is 0 Å². The number of carbonyl (C=O) groups is 1. The number of aromatic carboxylic acids is 1. The molecule has 0 bridgehead atoms. The van der Waals surface area contributed by atoms with Gasteiger partial charge in [-0.25, -0.2) is 23.2 Å². The predicted molar refractivity (Wildman–Crippen MR) is 98.3 cm³/mol. The van der Waals surface area contributed by atoms with Crippen LogP contribution in [0.5, 0.6) is 5.75 Å². The van der Waals surface area contributed by atoms with Gasteiger partial charge in [0.25, 0.3) is 0 Å². The summed E-state index contributed by atoms with van der Waals surface area (Å²) in [6.45, 7) is 2.03. The summed E-state index contributed by atoms with van der Waals surface area (Å²) in [7, 11) is 0. The van der Waals surface area contributed by atoms with Crippen molar-refractivity contribution in [2.75, 3.05) is 6.61 Å². The number of pyridine rings is 1. The fourth-order valence-electron chi connectivity index (χ4n) is 3.55. The Balaban J connectivity index is 1.67. The molecule has 1 fully saturated rings.